The van der Waals surface area contributed by atoms with Gasteiger partial charge >= 0.3 is 0 Å². The van der Waals surface area contributed by atoms with Crippen LogP contribution in [0, 0.1) is 23.7 Å². The fraction of sp³-hybridized carbons (Fsp3) is 0.588. The van der Waals surface area contributed by atoms with E-state index in [0.29, 0.717) is 0 Å². The fourth-order valence-corrected chi connectivity index (χ4v) is 5.50. The Labute approximate surface area is 115 Å². The molecule has 93 valence electrons. The second-order valence-electron chi connectivity index (χ2n) is 6.65. The molecule has 0 aromatic heterocycles. The molecule has 0 heterocycles. The zero-order valence-corrected chi connectivity index (χ0v) is 11.5. The predicted molar refractivity (Wildman–Crippen MR) is 77.9 cm³/mol. The molecule has 0 atom stereocenters. The molecule has 4 aliphatic carbocycles. The summed E-state index contributed by atoms with van der Waals surface area (Å²) in [6.07, 6.45) is 7.43. The van der Waals surface area contributed by atoms with Crippen LogP contribution in [-0.2, 0) is 0 Å². The van der Waals surface area contributed by atoms with E-state index in [1.165, 1.54) is 43.2 Å². The van der Waals surface area contributed by atoms with E-state index in [1.807, 2.05) is 0 Å². The summed E-state index contributed by atoms with van der Waals surface area (Å²) in [5.41, 5.74) is 2.69. The summed E-state index contributed by atoms with van der Waals surface area (Å²) in [6, 6.07) is 8.72. The topological polar surface area (TPSA) is 0 Å². The highest BCUT2D eigenvalue weighted by Crippen LogP contribution is 2.59. The second-order valence-corrected chi connectivity index (χ2v) is 6.85. The molecule has 4 fully saturated rings. The minimum atomic E-state index is 0.782. The zero-order valence-electron chi connectivity index (χ0n) is 10.6. The highest BCUT2D eigenvalue weighted by Gasteiger charge is 2.48. The van der Waals surface area contributed by atoms with Gasteiger partial charge in [-0.15, -0.1) is 0 Å². The van der Waals surface area contributed by atoms with Crippen molar-refractivity contribution in [1.82, 2.24) is 0 Å². The lowest BCUT2D eigenvalue weighted by atomic mass is 9.50. The molecule has 5 rings (SSSR count). The van der Waals surface area contributed by atoms with Crippen molar-refractivity contribution in [2.45, 2.75) is 38.0 Å². The van der Waals surface area contributed by atoms with Crippen LogP contribution in [0.2, 0.25) is 0 Å². The van der Waals surface area contributed by atoms with Gasteiger partial charge in [-0.1, -0.05) is 36.5 Å². The van der Waals surface area contributed by atoms with Crippen molar-refractivity contribution in [1.29, 1.82) is 0 Å². The Morgan fingerprint density at radius 2 is 1.50 bits per heavy atom. The quantitative estimate of drug-likeness (QED) is 0.703. The standard InChI is InChI=1S/C17H19S/c18-10-13-3-1-2-4-16(13)17-14-6-11-5-12(8-14)9-15(17)7-11/h1-4,11-12,14-15,17H,5-9H2. The van der Waals surface area contributed by atoms with Gasteiger partial charge in [0.2, 0.25) is 0 Å². The molecule has 0 spiro atoms. The number of hydrogen-bond acceptors (Lipinski definition) is 1. The summed E-state index contributed by atoms with van der Waals surface area (Å²) in [5, 5.41) is 2.99. The van der Waals surface area contributed by atoms with Crippen LogP contribution in [0.25, 0.3) is 0 Å². The van der Waals surface area contributed by atoms with E-state index in [2.05, 4.69) is 29.6 Å². The first kappa shape index (κ1) is 11.2. The molecule has 1 heteroatoms. The first-order valence-corrected chi connectivity index (χ1v) is 7.73. The third-order valence-corrected chi connectivity index (χ3v) is 5.88. The molecule has 18 heavy (non-hydrogen) atoms. The molecule has 1 aromatic rings. The molecular weight excluding hydrogens is 236 g/mol. The maximum atomic E-state index is 5.09. The van der Waals surface area contributed by atoms with Gasteiger partial charge < -0.3 is 0 Å². The van der Waals surface area contributed by atoms with Crippen molar-refractivity contribution in [3.8, 4) is 0 Å². The first-order valence-electron chi connectivity index (χ1n) is 7.32. The molecule has 0 N–H and O–H groups in total. The van der Waals surface area contributed by atoms with Crippen LogP contribution in [0.15, 0.2) is 24.3 Å². The van der Waals surface area contributed by atoms with Crippen LogP contribution >= 0.6 is 12.2 Å². The summed E-state index contributed by atoms with van der Waals surface area (Å²) in [4.78, 5) is 0. The van der Waals surface area contributed by atoms with Crippen molar-refractivity contribution in [2.24, 2.45) is 23.7 Å². The normalized spacial score (nSPS) is 41.0. The third kappa shape index (κ3) is 1.60. The molecule has 4 saturated carbocycles. The predicted octanol–water partition coefficient (Wildman–Crippen LogP) is 4.45. The summed E-state index contributed by atoms with van der Waals surface area (Å²) >= 11 is 5.09. The maximum absolute atomic E-state index is 5.09. The highest BCUT2D eigenvalue weighted by atomic mass is 32.1. The lowest BCUT2D eigenvalue weighted by Crippen LogP contribution is -2.44. The monoisotopic (exact) mass is 255 g/mol. The molecule has 0 unspecified atom stereocenters. The van der Waals surface area contributed by atoms with Crippen LogP contribution in [-0.4, -0.2) is 5.37 Å². The van der Waals surface area contributed by atoms with E-state index < -0.39 is 0 Å². The smallest absolute Gasteiger partial charge is 0.0639 e. The van der Waals surface area contributed by atoms with E-state index in [9.17, 15) is 0 Å². The SMILES string of the molecule is S=[C]c1ccccc1C1C2CC3CC(C2)CC1C3. The molecule has 0 amide bonds. The van der Waals surface area contributed by atoms with Gasteiger partial charge in [-0.2, -0.15) is 0 Å². The van der Waals surface area contributed by atoms with Gasteiger partial charge in [0.05, 0.1) is 5.37 Å². The third-order valence-electron chi connectivity index (χ3n) is 5.66. The van der Waals surface area contributed by atoms with Gasteiger partial charge in [0.1, 0.15) is 0 Å². The molecule has 0 saturated heterocycles. The first-order chi connectivity index (χ1) is 8.85. The van der Waals surface area contributed by atoms with Crippen LogP contribution in [0.1, 0.15) is 49.1 Å². The van der Waals surface area contributed by atoms with E-state index in [0.717, 1.165) is 29.6 Å². The molecule has 0 aliphatic heterocycles. The average Bonchev–Trinajstić information content (AvgIpc) is 2.38. The van der Waals surface area contributed by atoms with E-state index in [4.69, 9.17) is 12.2 Å². The van der Waals surface area contributed by atoms with Crippen LogP contribution in [0.4, 0.5) is 0 Å². The number of rotatable bonds is 2. The van der Waals surface area contributed by atoms with Crippen molar-refractivity contribution < 1.29 is 0 Å². The lowest BCUT2D eigenvalue weighted by molar-refractivity contribution is -0.00281. The number of hydrogen-bond donors (Lipinski definition) is 0. The summed E-state index contributed by atoms with van der Waals surface area (Å²) in [7, 11) is 0. The van der Waals surface area contributed by atoms with E-state index in [1.54, 1.807) is 0 Å². The van der Waals surface area contributed by atoms with Crippen molar-refractivity contribution in [2.75, 3.05) is 0 Å². The van der Waals surface area contributed by atoms with Crippen molar-refractivity contribution in [3.05, 3.63) is 35.4 Å². The Balaban J connectivity index is 1.74. The van der Waals surface area contributed by atoms with Crippen molar-refractivity contribution >= 4 is 17.6 Å². The zero-order chi connectivity index (χ0) is 12.1. The highest BCUT2D eigenvalue weighted by molar-refractivity contribution is 7.79. The second kappa shape index (κ2) is 4.16. The van der Waals surface area contributed by atoms with Gasteiger partial charge in [-0.05, 0) is 72.8 Å². The molecule has 0 nitrogen and oxygen atoms in total. The maximum Gasteiger partial charge on any atom is 0.0639 e. The Morgan fingerprint density at radius 1 is 0.889 bits per heavy atom. The number of benzene rings is 1. The van der Waals surface area contributed by atoms with Gasteiger partial charge in [0, 0.05) is 0 Å². The van der Waals surface area contributed by atoms with E-state index >= 15 is 0 Å². The minimum Gasteiger partial charge on any atom is -0.0778 e. The Morgan fingerprint density at radius 3 is 2.11 bits per heavy atom. The molecule has 1 radical (unpaired) electrons. The summed E-state index contributed by atoms with van der Waals surface area (Å²) in [5.74, 6) is 4.75. The average molecular weight is 255 g/mol. The number of thiocarbonyl (C=S) groups is 1. The minimum absolute atomic E-state index is 0.782. The van der Waals surface area contributed by atoms with Crippen LogP contribution in [0.3, 0.4) is 0 Å². The van der Waals surface area contributed by atoms with Crippen LogP contribution < -0.4 is 0 Å². The Hall–Kier alpha value is -0.690. The molecule has 1 aromatic carbocycles. The van der Waals surface area contributed by atoms with Gasteiger partial charge in [-0.25, -0.2) is 0 Å². The molecule has 4 aliphatic rings. The van der Waals surface area contributed by atoms with Gasteiger partial charge in [0.25, 0.3) is 0 Å². The van der Waals surface area contributed by atoms with Crippen molar-refractivity contribution in [3.63, 3.8) is 0 Å². The Bertz CT molecular complexity index is 448. The van der Waals surface area contributed by atoms with Gasteiger partial charge in [-0.3, -0.25) is 0 Å². The summed E-state index contributed by atoms with van der Waals surface area (Å²) in [6.45, 7) is 0. The molecular formula is C17H19S. The molecule has 4 bridgehead atoms. The van der Waals surface area contributed by atoms with Crippen LogP contribution in [0.5, 0.6) is 0 Å². The fourth-order valence-electron chi connectivity index (χ4n) is 5.31. The van der Waals surface area contributed by atoms with E-state index in [-0.39, 0.29) is 0 Å². The lowest BCUT2D eigenvalue weighted by Gasteiger charge is -2.54. The van der Waals surface area contributed by atoms with Gasteiger partial charge in [0.15, 0.2) is 0 Å². The summed E-state index contributed by atoms with van der Waals surface area (Å²) < 4.78 is 0. The largest absolute Gasteiger partial charge is 0.0778 e. The Kier molecular flexibility index (Phi) is 2.58.